The van der Waals surface area contributed by atoms with Crippen LogP contribution >= 0.6 is 23.2 Å². The molecule has 76 valence electrons. The van der Waals surface area contributed by atoms with Gasteiger partial charge in [-0.1, -0.05) is 0 Å². The molecule has 7 heteroatoms. The minimum atomic E-state index is -1.02. The fourth-order valence-electron chi connectivity index (χ4n) is 0.503. The molecule has 0 rings (SSSR count). The Morgan fingerprint density at radius 2 is 1.62 bits per heavy atom. The highest BCUT2D eigenvalue weighted by molar-refractivity contribution is 6.61. The van der Waals surface area contributed by atoms with Crippen LogP contribution in [-0.4, -0.2) is 24.1 Å². The molecule has 0 spiro atoms. The van der Waals surface area contributed by atoms with Gasteiger partial charge < -0.3 is 4.74 Å². The van der Waals surface area contributed by atoms with E-state index in [1.165, 1.54) is 0 Å². The van der Waals surface area contributed by atoms with E-state index < -0.39 is 10.9 Å². The predicted octanol–water partition coefficient (Wildman–Crippen LogP) is 2.45. The largest absolute Gasteiger partial charge is 0.454 e. The van der Waals surface area contributed by atoms with Crippen LogP contribution in [0.1, 0.15) is 12.8 Å². The zero-order valence-corrected chi connectivity index (χ0v) is 8.14. The van der Waals surface area contributed by atoms with E-state index in [0.29, 0.717) is 12.8 Å². The van der Waals surface area contributed by atoms with Crippen LogP contribution in [0.4, 0.5) is 9.59 Å². The van der Waals surface area contributed by atoms with Crippen LogP contribution in [0.3, 0.4) is 0 Å². The predicted molar refractivity (Wildman–Crippen MR) is 44.7 cm³/mol. The first kappa shape index (κ1) is 12.5. The Balaban J connectivity index is 3.00. The summed E-state index contributed by atoms with van der Waals surface area (Å²) < 4.78 is 4.41. The summed E-state index contributed by atoms with van der Waals surface area (Å²) >= 11 is 9.67. The van der Waals surface area contributed by atoms with Gasteiger partial charge >= 0.3 is 10.9 Å². The molecule has 0 fully saturated rings. The van der Waals surface area contributed by atoms with Gasteiger partial charge in [0.1, 0.15) is 0 Å². The van der Waals surface area contributed by atoms with Gasteiger partial charge in [-0.2, -0.15) is 4.89 Å². The lowest BCUT2D eigenvalue weighted by Gasteiger charge is -2.00. The maximum atomic E-state index is 10.0. The lowest BCUT2D eigenvalue weighted by atomic mass is 10.3. The SMILES string of the molecule is O=C(Cl)OCCCCOOC(=O)Cl. The highest BCUT2D eigenvalue weighted by atomic mass is 35.5. The molecule has 0 aliphatic carbocycles. The van der Waals surface area contributed by atoms with Gasteiger partial charge in [0.2, 0.25) is 0 Å². The summed E-state index contributed by atoms with van der Waals surface area (Å²) in [6.45, 7) is 0.402. The van der Waals surface area contributed by atoms with Gasteiger partial charge in [-0.05, 0) is 12.8 Å². The summed E-state index contributed by atoms with van der Waals surface area (Å²) in [5, 5.41) is 0. The van der Waals surface area contributed by atoms with E-state index in [2.05, 4.69) is 14.5 Å². The summed E-state index contributed by atoms with van der Waals surface area (Å²) in [6, 6.07) is 0. The topological polar surface area (TPSA) is 61.8 Å². The van der Waals surface area contributed by atoms with E-state index >= 15 is 0 Å². The molecule has 0 aromatic carbocycles. The summed E-state index contributed by atoms with van der Waals surface area (Å²) in [5.41, 5.74) is -1.86. The molecule has 0 unspecified atom stereocenters. The van der Waals surface area contributed by atoms with Gasteiger partial charge in [0.15, 0.2) is 0 Å². The van der Waals surface area contributed by atoms with E-state index in [9.17, 15) is 9.59 Å². The molecular weight excluding hydrogens is 223 g/mol. The number of halogens is 2. The Bertz CT molecular complexity index is 154. The molecule has 0 aliphatic rings. The van der Waals surface area contributed by atoms with Crippen molar-refractivity contribution < 1.29 is 24.1 Å². The molecular formula is C6H8Cl2O5. The van der Waals surface area contributed by atoms with Crippen molar-refractivity contribution in [2.45, 2.75) is 12.8 Å². The Labute approximate surface area is 84.8 Å². The second kappa shape index (κ2) is 8.10. The molecule has 0 saturated heterocycles. The fraction of sp³-hybridized carbons (Fsp3) is 0.667. The van der Waals surface area contributed by atoms with E-state index in [1.54, 1.807) is 0 Å². The van der Waals surface area contributed by atoms with Crippen molar-refractivity contribution in [3.63, 3.8) is 0 Å². The number of hydrogen-bond acceptors (Lipinski definition) is 5. The zero-order chi connectivity index (χ0) is 10.1. The van der Waals surface area contributed by atoms with E-state index in [1.807, 2.05) is 0 Å². The van der Waals surface area contributed by atoms with Crippen LogP contribution in [0.25, 0.3) is 0 Å². The van der Waals surface area contributed by atoms with Crippen molar-refractivity contribution in [3.05, 3.63) is 0 Å². The molecule has 5 nitrogen and oxygen atoms in total. The first-order valence-corrected chi connectivity index (χ1v) is 4.19. The van der Waals surface area contributed by atoms with Gasteiger partial charge in [0.25, 0.3) is 0 Å². The van der Waals surface area contributed by atoms with E-state index in [4.69, 9.17) is 23.2 Å². The van der Waals surface area contributed by atoms with Gasteiger partial charge in [-0.15, -0.1) is 0 Å². The van der Waals surface area contributed by atoms with Crippen molar-refractivity contribution in [3.8, 4) is 0 Å². The first-order valence-electron chi connectivity index (χ1n) is 3.44. The van der Waals surface area contributed by atoms with Crippen LogP contribution in [0.5, 0.6) is 0 Å². The minimum absolute atomic E-state index is 0.193. The summed E-state index contributed by atoms with van der Waals surface area (Å²) in [6.07, 6.45) is 1.13. The van der Waals surface area contributed by atoms with Gasteiger partial charge in [0, 0.05) is 23.2 Å². The molecule has 0 aromatic heterocycles. The van der Waals surface area contributed by atoms with Crippen LogP contribution in [-0.2, 0) is 14.5 Å². The standard InChI is InChI=1S/C6H8Cl2O5/c7-5(9)11-3-1-2-4-12-13-6(8)10/h1-4H2. The second-order valence-corrected chi connectivity index (χ2v) is 2.55. The Morgan fingerprint density at radius 1 is 1.00 bits per heavy atom. The minimum Gasteiger partial charge on any atom is -0.454 e. The summed E-state index contributed by atoms with van der Waals surface area (Å²) in [7, 11) is 0. The van der Waals surface area contributed by atoms with Crippen LogP contribution in [0.15, 0.2) is 0 Å². The molecule has 0 radical (unpaired) electrons. The lowest BCUT2D eigenvalue weighted by molar-refractivity contribution is -0.231. The third-order valence-electron chi connectivity index (χ3n) is 0.962. The van der Waals surface area contributed by atoms with Gasteiger partial charge in [-0.3, -0.25) is 4.89 Å². The lowest BCUT2D eigenvalue weighted by Crippen LogP contribution is -2.01. The maximum absolute atomic E-state index is 10.0. The molecule has 0 bridgehead atoms. The fourth-order valence-corrected chi connectivity index (χ4v) is 0.625. The molecule has 0 N–H and O–H groups in total. The number of carbonyl (C=O) groups is 2. The summed E-state index contributed by atoms with van der Waals surface area (Å²) in [4.78, 5) is 28.3. The molecule has 0 heterocycles. The molecule has 13 heavy (non-hydrogen) atoms. The van der Waals surface area contributed by atoms with Crippen molar-refractivity contribution in [2.75, 3.05) is 13.2 Å². The Morgan fingerprint density at radius 3 is 2.15 bits per heavy atom. The van der Waals surface area contributed by atoms with Crippen LogP contribution in [0.2, 0.25) is 0 Å². The average Bonchev–Trinajstić information content (AvgIpc) is 2.01. The second-order valence-electron chi connectivity index (χ2n) is 1.94. The average molecular weight is 231 g/mol. The normalized spacial score (nSPS) is 9.38. The third kappa shape index (κ3) is 11.5. The molecule has 0 saturated carbocycles. The van der Waals surface area contributed by atoms with E-state index in [-0.39, 0.29) is 13.2 Å². The molecule has 0 atom stereocenters. The van der Waals surface area contributed by atoms with Crippen molar-refractivity contribution >= 4 is 34.1 Å². The number of hydrogen-bond donors (Lipinski definition) is 0. The first-order chi connectivity index (χ1) is 6.13. The van der Waals surface area contributed by atoms with Gasteiger partial charge in [-0.25, -0.2) is 9.59 Å². The van der Waals surface area contributed by atoms with Crippen molar-refractivity contribution in [1.29, 1.82) is 0 Å². The van der Waals surface area contributed by atoms with E-state index in [0.717, 1.165) is 0 Å². The third-order valence-corrected chi connectivity index (χ3v) is 1.13. The maximum Gasteiger partial charge on any atom is 0.435 e. The quantitative estimate of drug-likeness (QED) is 0.304. The Hall–Kier alpha value is -0.520. The monoisotopic (exact) mass is 230 g/mol. The molecule has 0 amide bonds. The number of unbranched alkanes of at least 4 members (excludes halogenated alkanes) is 1. The number of carbonyl (C=O) groups excluding carboxylic acids is 2. The van der Waals surface area contributed by atoms with Gasteiger partial charge in [0.05, 0.1) is 13.2 Å². The number of ether oxygens (including phenoxy) is 1. The zero-order valence-electron chi connectivity index (χ0n) is 6.63. The van der Waals surface area contributed by atoms with Crippen molar-refractivity contribution in [2.24, 2.45) is 0 Å². The molecule has 0 aliphatic heterocycles. The van der Waals surface area contributed by atoms with Crippen molar-refractivity contribution in [1.82, 2.24) is 0 Å². The highest BCUT2D eigenvalue weighted by Crippen LogP contribution is 1.96. The highest BCUT2D eigenvalue weighted by Gasteiger charge is 1.97. The number of rotatable bonds is 6. The molecule has 0 aromatic rings. The smallest absolute Gasteiger partial charge is 0.435 e. The Kier molecular flexibility index (Phi) is 7.77. The summed E-state index contributed by atoms with van der Waals surface area (Å²) in [5.74, 6) is 0. The van der Waals surface area contributed by atoms with Crippen LogP contribution < -0.4 is 0 Å². The van der Waals surface area contributed by atoms with Crippen LogP contribution in [0, 0.1) is 0 Å².